The number of esters is 1. The highest BCUT2D eigenvalue weighted by molar-refractivity contribution is 6.31. The summed E-state index contributed by atoms with van der Waals surface area (Å²) >= 11 is 6.22. The molecule has 1 atom stereocenters. The molecule has 0 aliphatic carbocycles. The molecule has 0 spiro atoms. The number of amides is 1. The predicted octanol–water partition coefficient (Wildman–Crippen LogP) is 5.14. The number of carbonyl (C=O) groups excluding carboxylic acids is 2. The average molecular weight is 691 g/mol. The van der Waals surface area contributed by atoms with Crippen molar-refractivity contribution in [1.82, 2.24) is 9.88 Å². The van der Waals surface area contributed by atoms with Gasteiger partial charge in [0.05, 0.1) is 31.4 Å². The topological polar surface area (TPSA) is 285 Å². The smallest absolute Gasteiger partial charge is 0.338 e. The number of aliphatic hydroxyl groups excluding tert-OH is 1. The molecule has 1 unspecified atom stereocenters. The van der Waals surface area contributed by atoms with Crippen molar-refractivity contribution in [2.75, 3.05) is 38.3 Å². The molecule has 20 heteroatoms. The molecule has 19 nitrogen and oxygen atoms in total. The van der Waals surface area contributed by atoms with E-state index in [9.17, 15) is 24.6 Å². The van der Waals surface area contributed by atoms with Crippen LogP contribution in [-0.2, 0) is 14.3 Å². The molecule has 1 amide bonds. The van der Waals surface area contributed by atoms with Gasteiger partial charge < -0.3 is 30.3 Å². The van der Waals surface area contributed by atoms with E-state index in [-0.39, 0.29) is 35.7 Å². The number of nitrogens with one attached hydrogen (secondary N) is 2. The highest BCUT2D eigenvalue weighted by Gasteiger charge is 2.33. The summed E-state index contributed by atoms with van der Waals surface area (Å²) in [5.41, 5.74) is 25.1. The maximum absolute atomic E-state index is 13.4. The number of ether oxygens (including phenoxy) is 2. The van der Waals surface area contributed by atoms with Crippen molar-refractivity contribution in [2.45, 2.75) is 18.1 Å². The van der Waals surface area contributed by atoms with Gasteiger partial charge in [0.15, 0.2) is 6.73 Å². The van der Waals surface area contributed by atoms with Gasteiger partial charge in [-0.2, -0.15) is 0 Å². The van der Waals surface area contributed by atoms with E-state index in [4.69, 9.17) is 37.7 Å². The second-order valence-electron chi connectivity index (χ2n) is 10.3. The van der Waals surface area contributed by atoms with E-state index in [1.54, 1.807) is 24.4 Å². The van der Waals surface area contributed by atoms with E-state index in [1.807, 2.05) is 0 Å². The number of rotatable bonds is 15. The van der Waals surface area contributed by atoms with Crippen LogP contribution in [0.4, 0.5) is 5.69 Å². The van der Waals surface area contributed by atoms with Crippen LogP contribution in [0.25, 0.3) is 48.2 Å². The van der Waals surface area contributed by atoms with Gasteiger partial charge >= 0.3 is 5.97 Å². The molecule has 2 heterocycles. The molecule has 0 saturated heterocycles. The van der Waals surface area contributed by atoms with Gasteiger partial charge in [-0.15, -0.1) is 0 Å². The lowest BCUT2D eigenvalue weighted by atomic mass is 9.98. The van der Waals surface area contributed by atoms with Crippen molar-refractivity contribution < 1.29 is 29.3 Å². The zero-order valence-corrected chi connectivity index (χ0v) is 26.1. The number of benzene rings is 2. The number of aromatic nitrogens is 1. The van der Waals surface area contributed by atoms with E-state index in [1.165, 1.54) is 24.3 Å². The van der Waals surface area contributed by atoms with Crippen molar-refractivity contribution in [2.24, 2.45) is 15.3 Å². The SMILES string of the molecule is [N-]=[N+]=NCC(CN=[N+]=[N-])(CN=[N+]=[N-])OC(=O)c1ccc(NC(=O)C(CCO)n2cc(O)c(-c3cc(Cl)ccc3C3=CNCO3)cc2=O)cc1. The summed E-state index contributed by atoms with van der Waals surface area (Å²) in [5.74, 6) is -1.52. The molecule has 0 fully saturated rings. The van der Waals surface area contributed by atoms with E-state index in [2.05, 4.69) is 40.7 Å². The fourth-order valence-electron chi connectivity index (χ4n) is 4.82. The Morgan fingerprint density at radius 2 is 1.67 bits per heavy atom. The van der Waals surface area contributed by atoms with Gasteiger partial charge in [-0.25, -0.2) is 4.79 Å². The van der Waals surface area contributed by atoms with E-state index in [0.717, 1.165) is 16.8 Å². The molecular weight excluding hydrogens is 664 g/mol. The molecule has 4 N–H and O–H groups in total. The van der Waals surface area contributed by atoms with Crippen molar-refractivity contribution in [3.05, 3.63) is 119 Å². The number of anilines is 1. The Hall–Kier alpha value is -6.35. The second kappa shape index (κ2) is 16.5. The van der Waals surface area contributed by atoms with Crippen LogP contribution >= 0.6 is 11.6 Å². The van der Waals surface area contributed by atoms with E-state index in [0.29, 0.717) is 21.9 Å². The summed E-state index contributed by atoms with van der Waals surface area (Å²) in [6, 6.07) is 10.1. The number of aromatic hydroxyl groups is 1. The molecule has 2 aromatic carbocycles. The molecule has 1 aromatic heterocycles. The Labute approximate surface area is 281 Å². The van der Waals surface area contributed by atoms with Crippen LogP contribution < -0.4 is 16.2 Å². The molecule has 3 aromatic rings. The standard InChI is InChI=1S/C29H27ClN12O7/c30-18-3-6-20(25-11-34-16-48-25)21(9-18)22-10-26(45)42(12-24(22)44)23(7-8-43)27(46)38-19-4-1-17(2-5-19)28(47)49-29(13-35-39-31,14-36-40-32)15-37-41-33/h1-6,9-12,23,34,43-44H,7-8,13-16H2,(H,38,46). The summed E-state index contributed by atoms with van der Waals surface area (Å²) in [4.78, 5) is 47.5. The van der Waals surface area contributed by atoms with Crippen LogP contribution in [0, 0.1) is 0 Å². The van der Waals surface area contributed by atoms with Gasteiger partial charge in [-0.1, -0.05) is 26.9 Å². The van der Waals surface area contributed by atoms with Crippen LogP contribution in [0.1, 0.15) is 28.4 Å². The Morgan fingerprint density at radius 1 is 1.02 bits per heavy atom. The van der Waals surface area contributed by atoms with Gasteiger partial charge in [0.2, 0.25) is 5.91 Å². The third-order valence-corrected chi connectivity index (χ3v) is 7.38. The van der Waals surface area contributed by atoms with Crippen LogP contribution in [0.15, 0.2) is 81.1 Å². The minimum atomic E-state index is -1.76. The lowest BCUT2D eigenvalue weighted by Gasteiger charge is -2.29. The van der Waals surface area contributed by atoms with Gasteiger partial charge in [0, 0.05) is 61.9 Å². The van der Waals surface area contributed by atoms with Gasteiger partial charge in [-0.3, -0.25) is 14.2 Å². The summed E-state index contributed by atoms with van der Waals surface area (Å²) in [7, 11) is 0. The summed E-state index contributed by atoms with van der Waals surface area (Å²) in [6.45, 7) is -1.71. The summed E-state index contributed by atoms with van der Waals surface area (Å²) < 4.78 is 12.0. The number of aliphatic hydroxyl groups is 1. The van der Waals surface area contributed by atoms with Crippen molar-refractivity contribution in [3.63, 3.8) is 0 Å². The van der Waals surface area contributed by atoms with Crippen molar-refractivity contribution in [1.29, 1.82) is 0 Å². The Morgan fingerprint density at radius 3 is 2.24 bits per heavy atom. The Kier molecular flexibility index (Phi) is 11.9. The third kappa shape index (κ3) is 8.72. The van der Waals surface area contributed by atoms with Gasteiger partial charge in [0.25, 0.3) is 5.56 Å². The summed E-state index contributed by atoms with van der Waals surface area (Å²) in [6.07, 6.45) is 2.55. The Balaban J connectivity index is 1.56. The fraction of sp³-hybridized carbons (Fsp3) is 0.276. The Bertz CT molecular complexity index is 1910. The first-order chi connectivity index (χ1) is 23.6. The van der Waals surface area contributed by atoms with E-state index < -0.39 is 55.3 Å². The molecule has 1 aliphatic rings. The minimum Gasteiger partial charge on any atom is -0.506 e. The molecule has 4 rings (SSSR count). The predicted molar refractivity (Wildman–Crippen MR) is 176 cm³/mol. The first-order valence-electron chi connectivity index (χ1n) is 14.2. The lowest BCUT2D eigenvalue weighted by molar-refractivity contribution is -0.119. The van der Waals surface area contributed by atoms with Crippen LogP contribution in [0.3, 0.4) is 0 Å². The monoisotopic (exact) mass is 690 g/mol. The molecular formula is C29H27ClN12O7. The maximum atomic E-state index is 13.4. The molecule has 0 radical (unpaired) electrons. The van der Waals surface area contributed by atoms with Crippen molar-refractivity contribution in [3.8, 4) is 16.9 Å². The number of hydrogen-bond acceptors (Lipinski definition) is 11. The number of halogens is 1. The zero-order chi connectivity index (χ0) is 35.4. The number of hydrogen-bond donors (Lipinski definition) is 4. The molecule has 0 bridgehead atoms. The third-order valence-electron chi connectivity index (χ3n) is 7.15. The zero-order valence-electron chi connectivity index (χ0n) is 25.4. The number of pyridine rings is 1. The highest BCUT2D eigenvalue weighted by atomic mass is 35.5. The molecule has 1 aliphatic heterocycles. The normalized spacial score (nSPS) is 13.5. The molecule has 49 heavy (non-hydrogen) atoms. The number of nitrogens with zero attached hydrogens (tertiary/aromatic N) is 10. The van der Waals surface area contributed by atoms with Crippen LogP contribution in [-0.4, -0.2) is 65.2 Å². The first-order valence-corrected chi connectivity index (χ1v) is 14.6. The van der Waals surface area contributed by atoms with Crippen LogP contribution in [0.5, 0.6) is 5.75 Å². The first kappa shape index (κ1) is 35.5. The molecule has 0 saturated carbocycles. The number of carbonyl (C=O) groups is 2. The fourth-order valence-corrected chi connectivity index (χ4v) is 4.99. The summed E-state index contributed by atoms with van der Waals surface area (Å²) in [5, 5.41) is 36.7. The van der Waals surface area contributed by atoms with Crippen molar-refractivity contribution >= 4 is 34.9 Å². The van der Waals surface area contributed by atoms with Gasteiger partial charge in [-0.05, 0) is 64.6 Å². The molecule has 252 valence electrons. The minimum absolute atomic E-state index is 0.0243. The van der Waals surface area contributed by atoms with Gasteiger partial charge in [0.1, 0.15) is 23.2 Å². The highest BCUT2D eigenvalue weighted by Crippen LogP contribution is 2.37. The second-order valence-corrected chi connectivity index (χ2v) is 10.8. The number of azide groups is 3. The average Bonchev–Trinajstić information content (AvgIpc) is 3.64. The van der Waals surface area contributed by atoms with E-state index >= 15 is 0 Å². The maximum Gasteiger partial charge on any atom is 0.338 e. The van der Waals surface area contributed by atoms with Crippen LogP contribution in [0.2, 0.25) is 5.02 Å². The quantitative estimate of drug-likeness (QED) is 0.0714. The largest absolute Gasteiger partial charge is 0.506 e. The lowest BCUT2D eigenvalue weighted by Crippen LogP contribution is -2.44.